The molecule has 2 aliphatic heterocycles. The highest BCUT2D eigenvalue weighted by Gasteiger charge is 2.48. The fourth-order valence-electron chi connectivity index (χ4n) is 12.8. The van der Waals surface area contributed by atoms with E-state index in [1.54, 1.807) is 0 Å². The van der Waals surface area contributed by atoms with Gasteiger partial charge in [0.2, 0.25) is 0 Å². The van der Waals surface area contributed by atoms with Crippen molar-refractivity contribution in [3.8, 4) is 11.5 Å². The van der Waals surface area contributed by atoms with Gasteiger partial charge in [0.05, 0.1) is 31.8 Å². The van der Waals surface area contributed by atoms with E-state index in [1.165, 1.54) is 11.1 Å². The number of aromatic hydroxyl groups is 2. The SMILES string of the molecule is CC(C)(C)CC(C)(C)c1cc(CC(C)(C)C2OCC3(CO2)COC(C(C)(C)Cc2cc(C(C)(C)CC(C)(C)C)c(O)c(C(C)(C)CC(C)(C)C)c2)OC3)cc(C(C)(C)CC(C)(C)C)c1O. The zero-order valence-electron chi connectivity index (χ0n) is 46.6. The summed E-state index contributed by atoms with van der Waals surface area (Å²) in [5.74, 6) is 0.886. The maximum Gasteiger partial charge on any atom is 0.162 e. The summed E-state index contributed by atoms with van der Waals surface area (Å²) < 4.78 is 26.8. The van der Waals surface area contributed by atoms with Gasteiger partial charge < -0.3 is 29.2 Å². The topological polar surface area (TPSA) is 77.4 Å². The van der Waals surface area contributed by atoms with Crippen LogP contribution in [-0.2, 0) is 53.4 Å². The predicted octanol–water partition coefficient (Wildman–Crippen LogP) is 15.5. The van der Waals surface area contributed by atoms with Gasteiger partial charge in [-0.3, -0.25) is 0 Å². The summed E-state index contributed by atoms with van der Waals surface area (Å²) >= 11 is 0. The standard InChI is InChI=1S/C59H100O6/c1-49(2,3)31-55(17,18)41-25-39(26-42(45(41)60)56(19,20)32-50(4,5)6)29-53(13,14)47-62-35-59(36-63-47)37-64-48(65-38-59)54(15,16)30-40-27-43(57(21,22)33-51(7,8)9)46(61)44(28-40)58(23,24)34-52(10,11)12/h25-28,47-48,60-61H,29-38H2,1-24H3. The molecule has 2 aliphatic rings. The molecule has 0 atom stereocenters. The minimum atomic E-state index is -0.406. The van der Waals surface area contributed by atoms with Gasteiger partial charge in [0, 0.05) is 33.1 Å². The van der Waals surface area contributed by atoms with Crippen molar-refractivity contribution >= 4 is 0 Å². The van der Waals surface area contributed by atoms with Crippen molar-refractivity contribution in [2.24, 2.45) is 37.9 Å². The molecule has 2 aromatic carbocycles. The van der Waals surface area contributed by atoms with Gasteiger partial charge >= 0.3 is 0 Å². The van der Waals surface area contributed by atoms with Gasteiger partial charge in [0.15, 0.2) is 12.6 Å². The zero-order valence-corrected chi connectivity index (χ0v) is 46.6. The smallest absolute Gasteiger partial charge is 0.162 e. The molecule has 0 bridgehead atoms. The van der Waals surface area contributed by atoms with Gasteiger partial charge in [-0.1, -0.05) is 190 Å². The lowest BCUT2D eigenvalue weighted by atomic mass is 9.67. The molecule has 0 unspecified atom stereocenters. The minimum absolute atomic E-state index is 0.0988. The van der Waals surface area contributed by atoms with Gasteiger partial charge in [0.25, 0.3) is 0 Å². The third-order valence-corrected chi connectivity index (χ3v) is 13.9. The second kappa shape index (κ2) is 18.3. The van der Waals surface area contributed by atoms with Crippen LogP contribution in [0.1, 0.15) is 225 Å². The van der Waals surface area contributed by atoms with E-state index < -0.39 is 18.0 Å². The molecule has 4 rings (SSSR count). The molecule has 6 nitrogen and oxygen atoms in total. The molecule has 0 radical (unpaired) electrons. The number of rotatable bonds is 14. The normalized spacial score (nSPS) is 21.6. The van der Waals surface area contributed by atoms with E-state index in [-0.39, 0.29) is 54.1 Å². The summed E-state index contributed by atoms with van der Waals surface area (Å²) in [4.78, 5) is 0. The van der Waals surface area contributed by atoms with Crippen LogP contribution in [0.4, 0.5) is 0 Å². The minimum Gasteiger partial charge on any atom is -0.507 e. The molecule has 2 heterocycles. The van der Waals surface area contributed by atoms with E-state index in [9.17, 15) is 10.2 Å². The van der Waals surface area contributed by atoms with Crippen LogP contribution in [0, 0.1) is 37.9 Å². The van der Waals surface area contributed by atoms with Crippen molar-refractivity contribution in [3.63, 3.8) is 0 Å². The summed E-state index contributed by atoms with van der Waals surface area (Å²) in [6.45, 7) is 56.5. The van der Waals surface area contributed by atoms with E-state index in [2.05, 4.69) is 190 Å². The summed E-state index contributed by atoms with van der Waals surface area (Å²) in [5.41, 5.74) is 4.90. The van der Waals surface area contributed by atoms with Crippen LogP contribution < -0.4 is 0 Å². The van der Waals surface area contributed by atoms with Crippen molar-refractivity contribution in [2.45, 2.75) is 239 Å². The number of phenolic OH excluding ortho intramolecular Hbond substituents is 2. The van der Waals surface area contributed by atoms with E-state index >= 15 is 0 Å². The van der Waals surface area contributed by atoms with Gasteiger partial charge in [0.1, 0.15) is 11.5 Å². The highest BCUT2D eigenvalue weighted by Crippen LogP contribution is 2.51. The Bertz CT molecular complexity index is 1690. The lowest BCUT2D eigenvalue weighted by molar-refractivity contribution is -0.333. The molecule has 0 aromatic heterocycles. The number of ether oxygens (including phenoxy) is 4. The lowest BCUT2D eigenvalue weighted by Gasteiger charge is -2.49. The molecular formula is C59H100O6. The first kappa shape index (κ1) is 55.5. The van der Waals surface area contributed by atoms with Crippen LogP contribution in [-0.4, -0.2) is 49.2 Å². The number of hydrogen-bond donors (Lipinski definition) is 2. The summed E-state index contributed by atoms with van der Waals surface area (Å²) in [5, 5.41) is 24.2. The Morgan fingerprint density at radius 1 is 0.385 bits per heavy atom. The van der Waals surface area contributed by atoms with Gasteiger partial charge in [-0.05, 0) is 93.0 Å². The van der Waals surface area contributed by atoms with Crippen molar-refractivity contribution in [2.75, 3.05) is 26.4 Å². The molecule has 0 saturated carbocycles. The van der Waals surface area contributed by atoms with Crippen molar-refractivity contribution in [1.82, 2.24) is 0 Å². The second-order valence-corrected chi connectivity index (χ2v) is 30.3. The van der Waals surface area contributed by atoms with Crippen molar-refractivity contribution < 1.29 is 29.2 Å². The molecule has 0 amide bonds. The average Bonchev–Trinajstić information content (AvgIpc) is 3.05. The van der Waals surface area contributed by atoms with E-state index in [0.717, 1.165) is 60.8 Å². The maximum absolute atomic E-state index is 12.1. The largest absolute Gasteiger partial charge is 0.507 e. The van der Waals surface area contributed by atoms with Crippen LogP contribution in [0.25, 0.3) is 0 Å². The predicted molar refractivity (Wildman–Crippen MR) is 273 cm³/mol. The van der Waals surface area contributed by atoms with Gasteiger partial charge in [-0.15, -0.1) is 0 Å². The van der Waals surface area contributed by atoms with Crippen molar-refractivity contribution in [1.29, 1.82) is 0 Å². The first-order valence-electron chi connectivity index (χ1n) is 25.1. The molecule has 1 spiro atoms. The molecule has 2 saturated heterocycles. The second-order valence-electron chi connectivity index (χ2n) is 30.3. The molecule has 0 aliphatic carbocycles. The van der Waals surface area contributed by atoms with Crippen LogP contribution in [0.5, 0.6) is 11.5 Å². The molecular weight excluding hydrogens is 805 g/mol. The molecule has 2 aromatic rings. The summed E-state index contributed by atoms with van der Waals surface area (Å²) in [6.07, 6.45) is 4.46. The van der Waals surface area contributed by atoms with Gasteiger partial charge in [-0.25, -0.2) is 0 Å². The number of benzene rings is 2. The number of phenols is 2. The zero-order chi connectivity index (χ0) is 50.0. The highest BCUT2D eigenvalue weighted by atomic mass is 16.7. The summed E-state index contributed by atoms with van der Waals surface area (Å²) in [6, 6.07) is 9.03. The third kappa shape index (κ3) is 14.5. The Morgan fingerprint density at radius 2 is 0.585 bits per heavy atom. The Morgan fingerprint density at radius 3 is 0.769 bits per heavy atom. The maximum atomic E-state index is 12.1. The lowest BCUT2D eigenvalue weighted by Crippen LogP contribution is -2.56. The van der Waals surface area contributed by atoms with Crippen LogP contribution in [0.2, 0.25) is 0 Å². The third-order valence-electron chi connectivity index (χ3n) is 13.9. The first-order valence-corrected chi connectivity index (χ1v) is 25.1. The molecule has 372 valence electrons. The average molecular weight is 905 g/mol. The van der Waals surface area contributed by atoms with E-state index in [0.29, 0.717) is 37.9 Å². The molecule has 65 heavy (non-hydrogen) atoms. The van der Waals surface area contributed by atoms with Crippen LogP contribution >= 0.6 is 0 Å². The monoisotopic (exact) mass is 905 g/mol. The summed E-state index contributed by atoms with van der Waals surface area (Å²) in [7, 11) is 0. The first-order chi connectivity index (χ1) is 28.9. The Labute approximate surface area is 400 Å². The van der Waals surface area contributed by atoms with E-state index in [1.807, 2.05) is 0 Å². The quantitative estimate of drug-likeness (QED) is 0.197. The Hall–Kier alpha value is -2.12. The van der Waals surface area contributed by atoms with Gasteiger partial charge in [-0.2, -0.15) is 0 Å². The van der Waals surface area contributed by atoms with Crippen LogP contribution in [0.3, 0.4) is 0 Å². The Balaban J connectivity index is 1.54. The molecule has 2 N–H and O–H groups in total. The van der Waals surface area contributed by atoms with Crippen LogP contribution in [0.15, 0.2) is 24.3 Å². The Kier molecular flexibility index (Phi) is 15.6. The molecule has 2 fully saturated rings. The highest BCUT2D eigenvalue weighted by molar-refractivity contribution is 5.52. The fraction of sp³-hybridized carbons (Fsp3) is 0.797. The number of hydrogen-bond acceptors (Lipinski definition) is 6. The van der Waals surface area contributed by atoms with E-state index in [4.69, 9.17) is 18.9 Å². The molecule has 6 heteroatoms. The van der Waals surface area contributed by atoms with Crippen molar-refractivity contribution in [3.05, 3.63) is 57.6 Å². The fourth-order valence-corrected chi connectivity index (χ4v) is 12.8.